The summed E-state index contributed by atoms with van der Waals surface area (Å²) in [6.45, 7) is 3.86. The van der Waals surface area contributed by atoms with Crippen LogP contribution in [0.5, 0.6) is 5.75 Å². The highest BCUT2D eigenvalue weighted by Crippen LogP contribution is 2.57. The zero-order chi connectivity index (χ0) is 23.7. The number of nitrogens with zero attached hydrogens (tertiary/aromatic N) is 1. The molecule has 0 aliphatic carbocycles. The van der Waals surface area contributed by atoms with E-state index in [2.05, 4.69) is 4.98 Å². The van der Waals surface area contributed by atoms with Gasteiger partial charge >= 0.3 is 7.82 Å². The molecule has 1 aromatic carbocycles. The minimum atomic E-state index is -4.28. The number of H-pyrrole nitrogens is 1. The van der Waals surface area contributed by atoms with Crippen LogP contribution in [-0.4, -0.2) is 34.3 Å². The number of aromatic nitrogens is 2. The van der Waals surface area contributed by atoms with Crippen LogP contribution in [0.15, 0.2) is 29.2 Å². The van der Waals surface area contributed by atoms with E-state index in [0.717, 1.165) is 6.20 Å². The molecule has 14 heteroatoms. The fraction of sp³-hybridized carbons (Fsp3) is 0.444. The van der Waals surface area contributed by atoms with Gasteiger partial charge in [-0.1, -0.05) is 25.4 Å². The summed E-state index contributed by atoms with van der Waals surface area (Å²) in [5, 5.41) is 11.0. The minimum absolute atomic E-state index is 0.0736. The van der Waals surface area contributed by atoms with Crippen LogP contribution in [-0.2, 0) is 25.0 Å². The molecule has 1 fully saturated rings. The van der Waals surface area contributed by atoms with Crippen molar-refractivity contribution in [1.29, 1.82) is 0 Å². The van der Waals surface area contributed by atoms with Crippen molar-refractivity contribution in [2.45, 2.75) is 51.3 Å². The molecule has 0 amide bonds. The van der Waals surface area contributed by atoms with Crippen LogP contribution < -0.4 is 10.1 Å². The average Bonchev–Trinajstić information content (AvgIpc) is 3.23. The number of hydrogen-bond acceptors (Lipinski definition) is 8. The molecule has 32 heavy (non-hydrogen) atoms. The van der Waals surface area contributed by atoms with Crippen molar-refractivity contribution in [3.05, 3.63) is 55.9 Å². The normalized spacial score (nSPS) is 26.3. The van der Waals surface area contributed by atoms with Crippen molar-refractivity contribution in [3.8, 4) is 5.75 Å². The van der Waals surface area contributed by atoms with Gasteiger partial charge in [0.25, 0.3) is 5.56 Å². The molecule has 0 bridgehead atoms. The van der Waals surface area contributed by atoms with Crippen molar-refractivity contribution >= 4 is 39.5 Å². The number of rotatable bonds is 4. The van der Waals surface area contributed by atoms with Crippen molar-refractivity contribution in [2.24, 2.45) is 0 Å². The number of halogens is 2. The Bertz CT molecular complexity index is 1160. The van der Waals surface area contributed by atoms with Crippen LogP contribution in [0.3, 0.4) is 0 Å². The number of aliphatic hydroxyl groups is 1. The highest BCUT2D eigenvalue weighted by Gasteiger charge is 2.48. The highest BCUT2D eigenvalue weighted by atomic mass is 35.5. The summed E-state index contributed by atoms with van der Waals surface area (Å²) in [5.41, 5.74) is -2.97. The van der Waals surface area contributed by atoms with Gasteiger partial charge in [0.05, 0.1) is 12.8 Å². The van der Waals surface area contributed by atoms with Gasteiger partial charge in [0.15, 0.2) is 18.3 Å². The third-order valence-corrected chi connectivity index (χ3v) is 6.49. The Morgan fingerprint density at radius 1 is 1.44 bits per heavy atom. The zero-order valence-corrected chi connectivity index (χ0v) is 19.6. The number of benzene rings is 1. The lowest BCUT2D eigenvalue weighted by molar-refractivity contribution is -0.176. The highest BCUT2D eigenvalue weighted by molar-refractivity contribution is 7.71. The molecular formula is C18H20BClFN2O7PS. The van der Waals surface area contributed by atoms with E-state index in [1.165, 1.54) is 16.7 Å². The SMILES string of the molecule is CC.[B]C(O)(OP1(=O)OCc2cc(Cl)ccc2O1)C1CCC(n2cc(F)c(=O)[nH]c2=S)O1. The molecule has 4 unspecified atom stereocenters. The summed E-state index contributed by atoms with van der Waals surface area (Å²) in [7, 11) is 1.52. The van der Waals surface area contributed by atoms with Crippen LogP contribution in [0.25, 0.3) is 0 Å². The molecule has 2 radical (unpaired) electrons. The summed E-state index contributed by atoms with van der Waals surface area (Å²) in [4.78, 5) is 13.5. The maximum absolute atomic E-state index is 13.6. The smallest absolute Gasteiger partial charge is 0.404 e. The number of nitrogens with one attached hydrogen (secondary N) is 1. The van der Waals surface area contributed by atoms with Crippen molar-refractivity contribution < 1.29 is 32.4 Å². The maximum atomic E-state index is 13.6. The second kappa shape index (κ2) is 9.76. The van der Waals surface area contributed by atoms with Crippen LogP contribution >= 0.6 is 31.6 Å². The van der Waals surface area contributed by atoms with Gasteiger partial charge in [-0.15, -0.1) is 0 Å². The molecule has 3 heterocycles. The van der Waals surface area contributed by atoms with Gasteiger partial charge in [-0.25, -0.2) is 4.57 Å². The number of phosphoric ester groups is 1. The first kappa shape index (κ1) is 25.1. The van der Waals surface area contributed by atoms with Gasteiger partial charge < -0.3 is 14.4 Å². The van der Waals surface area contributed by atoms with E-state index in [-0.39, 0.29) is 30.0 Å². The van der Waals surface area contributed by atoms with Crippen molar-refractivity contribution in [2.75, 3.05) is 0 Å². The Labute approximate surface area is 194 Å². The quantitative estimate of drug-likeness (QED) is 0.279. The summed E-state index contributed by atoms with van der Waals surface area (Å²) >= 11 is 10.9. The van der Waals surface area contributed by atoms with E-state index in [0.29, 0.717) is 10.6 Å². The first-order chi connectivity index (χ1) is 15.1. The molecule has 2 aromatic rings. The molecule has 1 aromatic heterocycles. The topological polar surface area (TPSA) is 112 Å². The van der Waals surface area contributed by atoms with Gasteiger partial charge in [-0.3, -0.25) is 23.4 Å². The van der Waals surface area contributed by atoms with E-state index in [1.54, 1.807) is 6.07 Å². The molecule has 2 aliphatic heterocycles. The summed E-state index contributed by atoms with van der Waals surface area (Å²) in [6.07, 6.45) is -0.733. The standard InChI is InChI=1S/C16H14BClFN2O7PS.C2H6/c17-16(23,28-29(24)25-7-8-5-9(18)1-2-11(8)27-29)12-3-4-13(26-12)21-6-10(19)14(22)20-15(21)30;1-2/h1-2,5-6,12-13,23H,3-4,7H2,(H,20,22,30);1-2H3. The van der Waals surface area contributed by atoms with E-state index in [9.17, 15) is 18.9 Å². The zero-order valence-electron chi connectivity index (χ0n) is 17.1. The molecular weight excluding hydrogens is 485 g/mol. The molecule has 0 saturated carbocycles. The van der Waals surface area contributed by atoms with Crippen LogP contribution in [0, 0.1) is 10.6 Å². The summed E-state index contributed by atoms with van der Waals surface area (Å²) in [5.74, 6) is -0.841. The van der Waals surface area contributed by atoms with E-state index in [4.69, 9.17) is 50.0 Å². The fourth-order valence-corrected chi connectivity index (χ4v) is 4.92. The number of fused-ring (bicyclic) bond motifs is 1. The summed E-state index contributed by atoms with van der Waals surface area (Å²) in [6, 6.07) is 4.59. The number of aromatic amines is 1. The minimum Gasteiger partial charge on any atom is -0.404 e. The second-order valence-electron chi connectivity index (χ2n) is 6.71. The van der Waals surface area contributed by atoms with Crippen LogP contribution in [0.1, 0.15) is 38.5 Å². The summed E-state index contributed by atoms with van der Waals surface area (Å²) < 4.78 is 48.7. The number of hydrogen-bond donors (Lipinski definition) is 2. The number of phosphoric acid groups is 1. The molecule has 1 saturated heterocycles. The molecule has 0 spiro atoms. The Balaban J connectivity index is 0.00000141. The average molecular weight is 505 g/mol. The van der Waals surface area contributed by atoms with Crippen LogP contribution in [0.4, 0.5) is 4.39 Å². The van der Waals surface area contributed by atoms with Crippen LogP contribution in [0.2, 0.25) is 5.02 Å². The molecule has 9 nitrogen and oxygen atoms in total. The van der Waals surface area contributed by atoms with Crippen molar-refractivity contribution in [3.63, 3.8) is 0 Å². The molecule has 172 valence electrons. The lowest BCUT2D eigenvalue weighted by Crippen LogP contribution is -2.45. The van der Waals surface area contributed by atoms with Gasteiger partial charge in [0, 0.05) is 10.6 Å². The Kier molecular flexibility index (Phi) is 7.66. The van der Waals surface area contributed by atoms with Crippen molar-refractivity contribution in [1.82, 2.24) is 9.55 Å². The maximum Gasteiger partial charge on any atom is 0.532 e. The van der Waals surface area contributed by atoms with E-state index < -0.39 is 37.2 Å². The third kappa shape index (κ3) is 5.33. The van der Waals surface area contributed by atoms with Gasteiger partial charge in [0.1, 0.15) is 18.1 Å². The molecule has 2 aliphatic rings. The predicted molar refractivity (Wildman–Crippen MR) is 117 cm³/mol. The predicted octanol–water partition coefficient (Wildman–Crippen LogP) is 3.95. The Morgan fingerprint density at radius 3 is 2.88 bits per heavy atom. The first-order valence-electron chi connectivity index (χ1n) is 9.67. The van der Waals surface area contributed by atoms with E-state index >= 15 is 0 Å². The Morgan fingerprint density at radius 2 is 2.16 bits per heavy atom. The lowest BCUT2D eigenvalue weighted by Gasteiger charge is -2.34. The first-order valence-corrected chi connectivity index (χ1v) is 11.9. The second-order valence-corrected chi connectivity index (χ2v) is 9.05. The van der Waals surface area contributed by atoms with Gasteiger partial charge in [-0.05, 0) is 43.3 Å². The Hall–Kier alpha value is -1.53. The van der Waals surface area contributed by atoms with Gasteiger partial charge in [0.2, 0.25) is 5.82 Å². The van der Waals surface area contributed by atoms with E-state index in [1.807, 2.05) is 13.8 Å². The lowest BCUT2D eigenvalue weighted by atomic mass is 9.88. The van der Waals surface area contributed by atoms with Gasteiger partial charge in [-0.2, -0.15) is 4.39 Å². The monoisotopic (exact) mass is 504 g/mol. The third-order valence-electron chi connectivity index (χ3n) is 4.56. The fourth-order valence-electron chi connectivity index (χ4n) is 3.13. The molecule has 4 rings (SSSR count). The largest absolute Gasteiger partial charge is 0.532 e. The molecule has 4 atom stereocenters. The molecule has 2 N–H and O–H groups in total. The number of ether oxygens (including phenoxy) is 1.